The van der Waals surface area contributed by atoms with Crippen LogP contribution in [0.25, 0.3) is 32.5 Å². The Labute approximate surface area is 133 Å². The number of hydrogen-bond acceptors (Lipinski definition) is 3. The smallest absolute Gasteiger partial charge is 0.141 e. The van der Waals surface area contributed by atoms with Crippen LogP contribution < -0.4 is 0 Å². The molecule has 0 aliphatic rings. The minimum absolute atomic E-state index is 0.392. The quantitative estimate of drug-likeness (QED) is 0.399. The molecular weight excluding hydrogens is 286 g/mol. The number of nitrogens with zero attached hydrogens (tertiary/aromatic N) is 5. The van der Waals surface area contributed by atoms with E-state index < -0.39 is 0 Å². The summed E-state index contributed by atoms with van der Waals surface area (Å²) in [7, 11) is 0. The van der Waals surface area contributed by atoms with Gasteiger partial charge in [-0.05, 0) is 40.8 Å². The molecule has 1 aromatic heterocycles. The molecule has 0 bridgehead atoms. The van der Waals surface area contributed by atoms with Crippen molar-refractivity contribution in [3.05, 3.63) is 76.3 Å². The second-order valence-corrected chi connectivity index (χ2v) is 5.09. The van der Waals surface area contributed by atoms with E-state index in [1.54, 1.807) is 0 Å². The van der Waals surface area contributed by atoms with E-state index in [0.29, 0.717) is 18.7 Å². The van der Waals surface area contributed by atoms with Crippen molar-refractivity contribution in [2.45, 2.75) is 6.42 Å². The van der Waals surface area contributed by atoms with Gasteiger partial charge in [-0.2, -0.15) is 5.26 Å². The van der Waals surface area contributed by atoms with Gasteiger partial charge in [0, 0.05) is 16.8 Å². The van der Waals surface area contributed by atoms with Gasteiger partial charge >= 0.3 is 0 Å². The highest BCUT2D eigenvalue weighted by atomic mass is 15.1. The molecule has 0 unspecified atom stereocenters. The third-order valence-electron chi connectivity index (χ3n) is 3.64. The second-order valence-electron chi connectivity index (χ2n) is 5.09. The number of nitriles is 1. The zero-order valence-corrected chi connectivity index (χ0v) is 12.3. The number of benzene rings is 2. The van der Waals surface area contributed by atoms with Crippen molar-refractivity contribution < 1.29 is 0 Å². The van der Waals surface area contributed by atoms with E-state index in [9.17, 15) is 5.26 Å². The van der Waals surface area contributed by atoms with Crippen LogP contribution in [0, 0.1) is 11.3 Å². The average molecular weight is 299 g/mol. The van der Waals surface area contributed by atoms with Gasteiger partial charge in [-0.15, -0.1) is 0 Å². The van der Waals surface area contributed by atoms with Gasteiger partial charge in [0.2, 0.25) is 0 Å². The summed E-state index contributed by atoms with van der Waals surface area (Å²) in [4.78, 5) is 7.16. The maximum Gasteiger partial charge on any atom is 0.141 e. The van der Waals surface area contributed by atoms with E-state index in [0.717, 1.165) is 27.6 Å². The summed E-state index contributed by atoms with van der Waals surface area (Å²) in [6, 6.07) is 19.9. The standard InChI is InChI=1S/C18H13N5/c19-12-15-11-17(14-4-2-1-3-5-14)16-7-6-13(8-9-21-23-20)10-18(16)22-15/h1-7,10-11H,8-9H2. The van der Waals surface area contributed by atoms with Crippen LogP contribution in [0.15, 0.2) is 59.7 Å². The molecule has 0 saturated carbocycles. The van der Waals surface area contributed by atoms with Gasteiger partial charge in [-0.25, -0.2) is 4.98 Å². The Morgan fingerprint density at radius 1 is 1.13 bits per heavy atom. The lowest BCUT2D eigenvalue weighted by molar-refractivity contribution is 0.957. The average Bonchev–Trinajstić information content (AvgIpc) is 2.61. The zero-order chi connectivity index (χ0) is 16.1. The van der Waals surface area contributed by atoms with E-state index in [2.05, 4.69) is 21.1 Å². The number of hydrogen-bond donors (Lipinski definition) is 0. The Hall–Kier alpha value is -3.35. The fourth-order valence-electron chi connectivity index (χ4n) is 2.57. The molecule has 0 atom stereocenters. The summed E-state index contributed by atoms with van der Waals surface area (Å²) in [5.41, 5.74) is 12.6. The normalized spacial score (nSPS) is 10.0. The van der Waals surface area contributed by atoms with Crippen molar-refractivity contribution in [2.75, 3.05) is 6.54 Å². The Morgan fingerprint density at radius 3 is 2.70 bits per heavy atom. The highest BCUT2D eigenvalue weighted by Gasteiger charge is 2.08. The van der Waals surface area contributed by atoms with Gasteiger partial charge in [-0.1, -0.05) is 47.6 Å². The Bertz CT molecular complexity index is 935. The molecule has 0 radical (unpaired) electrons. The monoisotopic (exact) mass is 299 g/mol. The van der Waals surface area contributed by atoms with Crippen molar-refractivity contribution >= 4 is 10.9 Å². The van der Waals surface area contributed by atoms with Gasteiger partial charge in [-0.3, -0.25) is 0 Å². The number of azide groups is 1. The molecular formula is C18H13N5. The van der Waals surface area contributed by atoms with Gasteiger partial charge in [0.1, 0.15) is 11.8 Å². The van der Waals surface area contributed by atoms with Gasteiger partial charge in [0.25, 0.3) is 0 Å². The third-order valence-corrected chi connectivity index (χ3v) is 3.64. The fraction of sp³-hybridized carbons (Fsp3) is 0.111. The summed E-state index contributed by atoms with van der Waals surface area (Å²) in [6.45, 7) is 0.408. The maximum absolute atomic E-state index is 9.24. The molecule has 5 nitrogen and oxygen atoms in total. The molecule has 0 aliphatic carbocycles. The molecule has 5 heteroatoms. The molecule has 0 N–H and O–H groups in total. The lowest BCUT2D eigenvalue weighted by Crippen LogP contribution is -1.93. The summed E-state index contributed by atoms with van der Waals surface area (Å²) < 4.78 is 0. The van der Waals surface area contributed by atoms with Crippen molar-refractivity contribution in [1.82, 2.24) is 4.98 Å². The first-order valence-electron chi connectivity index (χ1n) is 7.22. The summed E-state index contributed by atoms with van der Waals surface area (Å²) >= 11 is 0. The first kappa shape index (κ1) is 14.6. The largest absolute Gasteiger partial charge is 0.237 e. The molecule has 0 amide bonds. The Kier molecular flexibility index (Phi) is 4.19. The number of aromatic nitrogens is 1. The molecule has 0 saturated heterocycles. The van der Waals surface area contributed by atoms with E-state index >= 15 is 0 Å². The lowest BCUT2D eigenvalue weighted by atomic mass is 9.98. The van der Waals surface area contributed by atoms with Crippen LogP contribution in [0.3, 0.4) is 0 Å². The second kappa shape index (κ2) is 6.61. The molecule has 110 valence electrons. The molecule has 3 rings (SSSR count). The molecule has 0 spiro atoms. The number of fused-ring (bicyclic) bond motifs is 1. The minimum Gasteiger partial charge on any atom is -0.237 e. The van der Waals surface area contributed by atoms with Gasteiger partial charge in [0.05, 0.1) is 5.52 Å². The number of pyridine rings is 1. The van der Waals surface area contributed by atoms with E-state index in [1.807, 2.05) is 54.6 Å². The SMILES string of the molecule is N#Cc1cc(-c2ccccc2)c2ccc(CCN=[N+]=[N-])cc2n1. The van der Waals surface area contributed by atoms with Crippen molar-refractivity contribution in [1.29, 1.82) is 5.26 Å². The first-order valence-corrected chi connectivity index (χ1v) is 7.22. The van der Waals surface area contributed by atoms with Gasteiger partial charge in [0.15, 0.2) is 0 Å². The fourth-order valence-corrected chi connectivity index (χ4v) is 2.57. The summed E-state index contributed by atoms with van der Waals surface area (Å²) in [5, 5.41) is 13.8. The van der Waals surface area contributed by atoms with Crippen molar-refractivity contribution in [3.63, 3.8) is 0 Å². The topological polar surface area (TPSA) is 85.4 Å². The predicted octanol–water partition coefficient (Wildman–Crippen LogP) is 4.63. The molecule has 1 heterocycles. The highest BCUT2D eigenvalue weighted by Crippen LogP contribution is 2.29. The van der Waals surface area contributed by atoms with Crippen molar-refractivity contribution in [3.8, 4) is 17.2 Å². The zero-order valence-electron chi connectivity index (χ0n) is 12.3. The summed E-state index contributed by atoms with van der Waals surface area (Å²) in [5.74, 6) is 0. The van der Waals surface area contributed by atoms with E-state index in [1.165, 1.54) is 0 Å². The van der Waals surface area contributed by atoms with Crippen LogP contribution in [0.1, 0.15) is 11.3 Å². The lowest BCUT2D eigenvalue weighted by Gasteiger charge is -2.09. The van der Waals surface area contributed by atoms with Crippen LogP contribution in [0.2, 0.25) is 0 Å². The minimum atomic E-state index is 0.392. The van der Waals surface area contributed by atoms with Crippen molar-refractivity contribution in [2.24, 2.45) is 5.11 Å². The predicted molar refractivity (Wildman–Crippen MR) is 89.6 cm³/mol. The van der Waals surface area contributed by atoms with E-state index in [4.69, 9.17) is 5.53 Å². The molecule has 0 fully saturated rings. The van der Waals surface area contributed by atoms with Gasteiger partial charge < -0.3 is 0 Å². The summed E-state index contributed by atoms with van der Waals surface area (Å²) in [6.07, 6.45) is 0.652. The molecule has 3 aromatic rings. The van der Waals surface area contributed by atoms with Crippen LogP contribution >= 0.6 is 0 Å². The first-order chi connectivity index (χ1) is 11.3. The van der Waals surface area contributed by atoms with Crippen LogP contribution in [0.4, 0.5) is 0 Å². The number of rotatable bonds is 4. The molecule has 0 aliphatic heterocycles. The van der Waals surface area contributed by atoms with Crippen LogP contribution in [-0.4, -0.2) is 11.5 Å². The highest BCUT2D eigenvalue weighted by molar-refractivity contribution is 5.95. The molecule has 23 heavy (non-hydrogen) atoms. The molecule has 2 aromatic carbocycles. The maximum atomic E-state index is 9.24. The third kappa shape index (κ3) is 3.13. The van der Waals surface area contributed by atoms with E-state index in [-0.39, 0.29) is 0 Å². The Morgan fingerprint density at radius 2 is 1.96 bits per heavy atom. The van der Waals surface area contributed by atoms with Crippen LogP contribution in [-0.2, 0) is 6.42 Å². The van der Waals surface area contributed by atoms with Crippen LogP contribution in [0.5, 0.6) is 0 Å². The Balaban J connectivity index is 2.14.